The summed E-state index contributed by atoms with van der Waals surface area (Å²) in [5, 5.41) is 8.77. The minimum Gasteiger partial charge on any atom is -0.481 e. The van der Waals surface area contributed by atoms with Crippen LogP contribution in [0.5, 0.6) is 0 Å². The van der Waals surface area contributed by atoms with Gasteiger partial charge in [-0.15, -0.1) is 0 Å². The summed E-state index contributed by atoms with van der Waals surface area (Å²) in [6, 6.07) is 17.3. The molecule has 0 atom stereocenters. The van der Waals surface area contributed by atoms with Crippen molar-refractivity contribution in [3.8, 4) is 0 Å². The van der Waals surface area contributed by atoms with Gasteiger partial charge in [-0.2, -0.15) is 0 Å². The van der Waals surface area contributed by atoms with Gasteiger partial charge in [0.15, 0.2) is 0 Å². The lowest BCUT2D eigenvalue weighted by Gasteiger charge is -2.37. The van der Waals surface area contributed by atoms with E-state index in [1.54, 1.807) is 0 Å². The summed E-state index contributed by atoms with van der Waals surface area (Å²) in [6.45, 7) is 5.07. The van der Waals surface area contributed by atoms with Gasteiger partial charge in [0, 0.05) is 53.7 Å². The maximum atomic E-state index is 10.7. The Morgan fingerprint density at radius 1 is 0.929 bits per heavy atom. The Hall–Kier alpha value is -2.24. The first kappa shape index (κ1) is 19.1. The van der Waals surface area contributed by atoms with Gasteiger partial charge in [0.2, 0.25) is 0 Å². The van der Waals surface area contributed by atoms with E-state index >= 15 is 0 Å². The molecule has 5 heteroatoms. The van der Waals surface area contributed by atoms with Crippen LogP contribution in [0.15, 0.2) is 58.3 Å². The van der Waals surface area contributed by atoms with E-state index in [4.69, 9.17) is 5.11 Å². The van der Waals surface area contributed by atoms with Gasteiger partial charge in [-0.1, -0.05) is 48.2 Å². The number of piperazine rings is 1. The first-order chi connectivity index (χ1) is 13.7. The monoisotopic (exact) mass is 394 g/mol. The topological polar surface area (TPSA) is 43.8 Å². The first-order valence-corrected chi connectivity index (χ1v) is 10.8. The predicted molar refractivity (Wildman–Crippen MR) is 114 cm³/mol. The fourth-order valence-electron chi connectivity index (χ4n) is 3.89. The number of unbranched alkanes of at least 4 members (excludes halogenated alkanes) is 1. The van der Waals surface area contributed by atoms with Crippen molar-refractivity contribution in [2.24, 2.45) is 0 Å². The molecule has 0 saturated carbocycles. The molecule has 0 radical (unpaired) electrons. The number of hydrogen-bond acceptors (Lipinski definition) is 4. The Labute approximate surface area is 170 Å². The van der Waals surface area contributed by atoms with Crippen LogP contribution in [0.3, 0.4) is 0 Å². The maximum Gasteiger partial charge on any atom is 0.303 e. The maximum absolute atomic E-state index is 10.7. The van der Waals surface area contributed by atoms with E-state index in [1.807, 2.05) is 11.8 Å². The Kier molecular flexibility index (Phi) is 6.03. The molecular weight excluding hydrogens is 368 g/mol. The third kappa shape index (κ3) is 4.42. The normalized spacial score (nSPS) is 16.7. The highest BCUT2D eigenvalue weighted by Gasteiger charge is 2.23. The summed E-state index contributed by atoms with van der Waals surface area (Å²) in [6.07, 6.45) is 4.35. The highest BCUT2D eigenvalue weighted by Crippen LogP contribution is 2.41. The predicted octanol–water partition coefficient (Wildman–Crippen LogP) is 4.52. The third-order valence-corrected chi connectivity index (χ3v) is 6.59. The Morgan fingerprint density at radius 3 is 2.43 bits per heavy atom. The SMILES string of the molecule is O=C(O)CCCCN1CCN(C2=Cc3ccccc3Sc3ccccc32)CC1. The molecule has 0 aromatic heterocycles. The summed E-state index contributed by atoms with van der Waals surface area (Å²) >= 11 is 1.85. The Bertz CT molecular complexity index is 872. The minimum absolute atomic E-state index is 0.278. The molecule has 2 aromatic rings. The van der Waals surface area contributed by atoms with Gasteiger partial charge in [-0.3, -0.25) is 9.69 Å². The lowest BCUT2D eigenvalue weighted by Crippen LogP contribution is -2.45. The molecule has 146 valence electrons. The molecule has 0 bridgehead atoms. The van der Waals surface area contributed by atoms with E-state index in [1.165, 1.54) is 26.6 Å². The Balaban J connectivity index is 1.47. The van der Waals surface area contributed by atoms with Crippen molar-refractivity contribution in [2.45, 2.75) is 29.1 Å². The van der Waals surface area contributed by atoms with Crippen LogP contribution in [0.1, 0.15) is 30.4 Å². The molecule has 4 nitrogen and oxygen atoms in total. The summed E-state index contributed by atoms with van der Waals surface area (Å²) < 4.78 is 0. The molecule has 0 unspecified atom stereocenters. The number of nitrogens with zero attached hydrogens (tertiary/aromatic N) is 2. The summed E-state index contributed by atoms with van der Waals surface area (Å²) in [7, 11) is 0. The average molecular weight is 395 g/mol. The van der Waals surface area contributed by atoms with Crippen molar-refractivity contribution in [3.63, 3.8) is 0 Å². The van der Waals surface area contributed by atoms with Crippen molar-refractivity contribution in [1.82, 2.24) is 9.80 Å². The van der Waals surface area contributed by atoms with E-state index in [0.29, 0.717) is 0 Å². The zero-order valence-electron chi connectivity index (χ0n) is 16.0. The van der Waals surface area contributed by atoms with Gasteiger partial charge < -0.3 is 10.0 Å². The standard InChI is InChI=1S/C23H26N2O2S/c26-23(27)11-5-6-12-24-13-15-25(16-14-24)20-17-18-7-1-3-9-21(18)28-22-10-4-2-8-19(20)22/h1-4,7-10,17H,5-6,11-16H2,(H,26,27). The highest BCUT2D eigenvalue weighted by atomic mass is 32.2. The van der Waals surface area contributed by atoms with Crippen molar-refractivity contribution >= 4 is 29.5 Å². The molecule has 1 saturated heterocycles. The smallest absolute Gasteiger partial charge is 0.303 e. The number of carbonyl (C=O) groups is 1. The van der Waals surface area contributed by atoms with Gasteiger partial charge in [-0.25, -0.2) is 0 Å². The molecule has 0 amide bonds. The van der Waals surface area contributed by atoms with Crippen molar-refractivity contribution in [3.05, 3.63) is 59.7 Å². The largest absolute Gasteiger partial charge is 0.481 e. The van der Waals surface area contributed by atoms with Crippen molar-refractivity contribution in [2.75, 3.05) is 32.7 Å². The summed E-state index contributed by atoms with van der Waals surface area (Å²) in [5.41, 5.74) is 3.92. The van der Waals surface area contributed by atoms with E-state index in [0.717, 1.165) is 45.6 Å². The van der Waals surface area contributed by atoms with Crippen LogP contribution in [0.4, 0.5) is 0 Å². The first-order valence-electron chi connectivity index (χ1n) is 9.98. The second-order valence-electron chi connectivity index (χ2n) is 7.35. The molecule has 2 heterocycles. The van der Waals surface area contributed by atoms with E-state index in [-0.39, 0.29) is 6.42 Å². The molecule has 2 aromatic carbocycles. The quantitative estimate of drug-likeness (QED) is 0.730. The molecule has 2 aliphatic heterocycles. The van der Waals surface area contributed by atoms with Crippen LogP contribution in [-0.2, 0) is 4.79 Å². The zero-order valence-corrected chi connectivity index (χ0v) is 16.8. The third-order valence-electron chi connectivity index (χ3n) is 5.42. The fraction of sp³-hybridized carbons (Fsp3) is 0.348. The van der Waals surface area contributed by atoms with Crippen LogP contribution >= 0.6 is 11.8 Å². The number of hydrogen-bond donors (Lipinski definition) is 1. The van der Waals surface area contributed by atoms with Gasteiger partial charge >= 0.3 is 5.97 Å². The number of fused-ring (bicyclic) bond motifs is 2. The summed E-state index contributed by atoms with van der Waals surface area (Å²) in [5.74, 6) is -0.693. The van der Waals surface area contributed by atoms with Crippen molar-refractivity contribution < 1.29 is 9.90 Å². The molecule has 2 aliphatic rings. The molecule has 0 spiro atoms. The zero-order chi connectivity index (χ0) is 19.3. The van der Waals surface area contributed by atoms with Gasteiger partial charge in [0.25, 0.3) is 0 Å². The minimum atomic E-state index is -0.693. The number of benzene rings is 2. The van der Waals surface area contributed by atoms with Crippen LogP contribution in [0.2, 0.25) is 0 Å². The van der Waals surface area contributed by atoms with Crippen LogP contribution < -0.4 is 0 Å². The molecular formula is C23H26N2O2S. The lowest BCUT2D eigenvalue weighted by atomic mass is 10.1. The van der Waals surface area contributed by atoms with Crippen LogP contribution in [0.25, 0.3) is 11.8 Å². The Morgan fingerprint density at radius 2 is 1.64 bits per heavy atom. The molecule has 1 N–H and O–H groups in total. The summed E-state index contributed by atoms with van der Waals surface area (Å²) in [4.78, 5) is 18.3. The second kappa shape index (κ2) is 8.84. The molecule has 0 aliphatic carbocycles. The van der Waals surface area contributed by atoms with Crippen LogP contribution in [0, 0.1) is 0 Å². The highest BCUT2D eigenvalue weighted by molar-refractivity contribution is 7.99. The van der Waals surface area contributed by atoms with Gasteiger partial charge in [0.05, 0.1) is 0 Å². The lowest BCUT2D eigenvalue weighted by molar-refractivity contribution is -0.137. The fourth-order valence-corrected chi connectivity index (χ4v) is 4.95. The number of carboxylic acids is 1. The number of carboxylic acid groups (broad SMARTS) is 1. The molecule has 1 fully saturated rings. The second-order valence-corrected chi connectivity index (χ2v) is 8.43. The van der Waals surface area contributed by atoms with E-state index in [9.17, 15) is 4.79 Å². The van der Waals surface area contributed by atoms with Crippen LogP contribution in [-0.4, -0.2) is 53.6 Å². The number of rotatable bonds is 6. The van der Waals surface area contributed by atoms with E-state index in [2.05, 4.69) is 64.4 Å². The molecule has 28 heavy (non-hydrogen) atoms. The molecule has 4 rings (SSSR count). The van der Waals surface area contributed by atoms with E-state index < -0.39 is 5.97 Å². The number of aliphatic carboxylic acids is 1. The average Bonchev–Trinajstić information content (AvgIpc) is 2.88. The van der Waals surface area contributed by atoms with Gasteiger partial charge in [0.1, 0.15) is 0 Å². The van der Waals surface area contributed by atoms with Crippen molar-refractivity contribution in [1.29, 1.82) is 0 Å². The van der Waals surface area contributed by atoms with Gasteiger partial charge in [-0.05, 0) is 43.2 Å².